The number of nitrogens with two attached hydrogens (primary N) is 2. The molecule has 0 radical (unpaired) electrons. The minimum absolute atomic E-state index is 0.00280. The van der Waals surface area contributed by atoms with Gasteiger partial charge >= 0.3 is 0 Å². The molecule has 0 aliphatic carbocycles. The number of nitriles is 2. The van der Waals surface area contributed by atoms with E-state index >= 15 is 0 Å². The maximum atomic E-state index is 9.24. The summed E-state index contributed by atoms with van der Waals surface area (Å²) in [5, 5.41) is 21.7. The molecule has 0 saturated carbocycles. The maximum absolute atomic E-state index is 9.24. The smallest absolute Gasteiger partial charge is 0.177 e. The molecule has 6 nitrogen and oxygen atoms in total. The Hall–Kier alpha value is -3.90. The lowest BCUT2D eigenvalue weighted by molar-refractivity contribution is 1.21. The Balaban J connectivity index is 2.41. The number of benzene rings is 3. The first-order valence-corrected chi connectivity index (χ1v) is 7.15. The van der Waals surface area contributed by atoms with Crippen LogP contribution >= 0.6 is 0 Å². The standard InChI is InChI=1S/C18H10N6/c19-7-14-15(8-20)24-18-12-6-9(21)4-5-10(12)16-11(17(18)23-14)2-1-3-13(16)22/h1-6H,21-22H2. The van der Waals surface area contributed by atoms with E-state index in [1.807, 2.05) is 36.4 Å². The highest BCUT2D eigenvalue weighted by Gasteiger charge is 2.16. The zero-order chi connectivity index (χ0) is 16.8. The van der Waals surface area contributed by atoms with E-state index in [9.17, 15) is 10.5 Å². The van der Waals surface area contributed by atoms with Gasteiger partial charge in [0.25, 0.3) is 0 Å². The Labute approximate surface area is 136 Å². The van der Waals surface area contributed by atoms with Crippen molar-refractivity contribution in [3.05, 3.63) is 47.8 Å². The molecule has 0 atom stereocenters. The highest BCUT2D eigenvalue weighted by molar-refractivity contribution is 6.26. The second-order valence-corrected chi connectivity index (χ2v) is 5.42. The van der Waals surface area contributed by atoms with Crippen LogP contribution in [0.15, 0.2) is 36.4 Å². The van der Waals surface area contributed by atoms with Crippen molar-refractivity contribution in [2.45, 2.75) is 0 Å². The summed E-state index contributed by atoms with van der Waals surface area (Å²) in [6.45, 7) is 0. The molecule has 1 heterocycles. The predicted molar refractivity (Wildman–Crippen MR) is 92.8 cm³/mol. The van der Waals surface area contributed by atoms with Crippen LogP contribution in [0.2, 0.25) is 0 Å². The first-order valence-electron chi connectivity index (χ1n) is 7.15. The van der Waals surface area contributed by atoms with Crippen LogP contribution in [0, 0.1) is 22.7 Å². The van der Waals surface area contributed by atoms with Crippen LogP contribution in [0.1, 0.15) is 11.4 Å². The van der Waals surface area contributed by atoms with E-state index in [2.05, 4.69) is 9.97 Å². The monoisotopic (exact) mass is 310 g/mol. The summed E-state index contributed by atoms with van der Waals surface area (Å²) in [5.74, 6) is 0. The normalized spacial score (nSPS) is 10.8. The van der Waals surface area contributed by atoms with Crippen LogP contribution in [0.5, 0.6) is 0 Å². The SMILES string of the molecule is N#Cc1nc2c3cc(N)ccc3c3c(N)cccc3c2nc1C#N. The molecule has 0 fully saturated rings. The van der Waals surface area contributed by atoms with E-state index in [0.29, 0.717) is 22.4 Å². The number of rotatable bonds is 0. The number of hydrogen-bond donors (Lipinski definition) is 2. The molecule has 24 heavy (non-hydrogen) atoms. The van der Waals surface area contributed by atoms with E-state index in [1.54, 1.807) is 12.1 Å². The molecular weight excluding hydrogens is 300 g/mol. The Bertz CT molecular complexity index is 1210. The number of nitrogen functional groups attached to an aromatic ring is 2. The van der Waals surface area contributed by atoms with Crippen molar-refractivity contribution in [3.63, 3.8) is 0 Å². The van der Waals surface area contributed by atoms with Gasteiger partial charge < -0.3 is 11.5 Å². The van der Waals surface area contributed by atoms with Crippen molar-refractivity contribution < 1.29 is 0 Å². The van der Waals surface area contributed by atoms with Gasteiger partial charge in [0.1, 0.15) is 12.1 Å². The number of nitrogens with zero attached hydrogens (tertiary/aromatic N) is 4. The Morgan fingerprint density at radius 2 is 1.46 bits per heavy atom. The summed E-state index contributed by atoms with van der Waals surface area (Å²) in [5.41, 5.74) is 14.3. The van der Waals surface area contributed by atoms with Gasteiger partial charge in [0.05, 0.1) is 11.0 Å². The molecule has 0 spiro atoms. The summed E-state index contributed by atoms with van der Waals surface area (Å²) in [4.78, 5) is 8.74. The fourth-order valence-corrected chi connectivity index (χ4v) is 3.01. The summed E-state index contributed by atoms with van der Waals surface area (Å²) in [6, 6.07) is 14.8. The second kappa shape index (κ2) is 4.80. The fourth-order valence-electron chi connectivity index (χ4n) is 3.01. The molecule has 0 unspecified atom stereocenters. The summed E-state index contributed by atoms with van der Waals surface area (Å²) in [6.07, 6.45) is 0. The van der Waals surface area contributed by atoms with Gasteiger partial charge in [-0.15, -0.1) is 0 Å². The highest BCUT2D eigenvalue weighted by atomic mass is 14.8. The average molecular weight is 310 g/mol. The van der Waals surface area contributed by atoms with Crippen LogP contribution in [0.25, 0.3) is 32.6 Å². The maximum Gasteiger partial charge on any atom is 0.177 e. The average Bonchev–Trinajstić information content (AvgIpc) is 2.60. The zero-order valence-electron chi connectivity index (χ0n) is 12.4. The Morgan fingerprint density at radius 3 is 2.12 bits per heavy atom. The minimum Gasteiger partial charge on any atom is -0.399 e. The predicted octanol–water partition coefficient (Wildman–Crippen LogP) is 2.84. The first kappa shape index (κ1) is 13.7. The lowest BCUT2D eigenvalue weighted by Gasteiger charge is -2.12. The third kappa shape index (κ3) is 1.74. The summed E-state index contributed by atoms with van der Waals surface area (Å²) >= 11 is 0. The molecule has 1 aromatic heterocycles. The highest BCUT2D eigenvalue weighted by Crippen LogP contribution is 2.37. The van der Waals surface area contributed by atoms with Crippen molar-refractivity contribution in [3.8, 4) is 12.1 Å². The topological polar surface area (TPSA) is 125 Å². The molecule has 4 rings (SSSR count). The fraction of sp³-hybridized carbons (Fsp3) is 0. The molecular formula is C18H10N6. The number of hydrogen-bond acceptors (Lipinski definition) is 6. The molecule has 4 aromatic rings. The van der Waals surface area contributed by atoms with Crippen LogP contribution in [-0.4, -0.2) is 9.97 Å². The van der Waals surface area contributed by atoms with Gasteiger partial charge in [0, 0.05) is 27.5 Å². The van der Waals surface area contributed by atoms with Crippen molar-refractivity contribution in [2.24, 2.45) is 0 Å². The van der Waals surface area contributed by atoms with Crippen molar-refractivity contribution in [2.75, 3.05) is 11.5 Å². The zero-order valence-corrected chi connectivity index (χ0v) is 12.4. The molecule has 4 N–H and O–H groups in total. The van der Waals surface area contributed by atoms with Gasteiger partial charge in [-0.2, -0.15) is 10.5 Å². The van der Waals surface area contributed by atoms with E-state index in [-0.39, 0.29) is 11.4 Å². The summed E-state index contributed by atoms with van der Waals surface area (Å²) < 4.78 is 0. The van der Waals surface area contributed by atoms with Gasteiger partial charge in [-0.3, -0.25) is 0 Å². The minimum atomic E-state index is -0.00280. The molecule has 3 aromatic carbocycles. The van der Waals surface area contributed by atoms with Gasteiger partial charge in [-0.05, 0) is 23.6 Å². The van der Waals surface area contributed by atoms with E-state index in [4.69, 9.17) is 11.5 Å². The molecule has 0 amide bonds. The largest absolute Gasteiger partial charge is 0.399 e. The van der Waals surface area contributed by atoms with Gasteiger partial charge in [-0.1, -0.05) is 18.2 Å². The van der Waals surface area contributed by atoms with Gasteiger partial charge in [0.15, 0.2) is 11.4 Å². The van der Waals surface area contributed by atoms with Crippen molar-refractivity contribution in [1.82, 2.24) is 9.97 Å². The van der Waals surface area contributed by atoms with Crippen LogP contribution < -0.4 is 11.5 Å². The molecule has 112 valence electrons. The quantitative estimate of drug-likeness (QED) is 0.380. The number of aromatic nitrogens is 2. The summed E-state index contributed by atoms with van der Waals surface area (Å²) in [7, 11) is 0. The lowest BCUT2D eigenvalue weighted by atomic mass is 9.97. The number of fused-ring (bicyclic) bond motifs is 6. The van der Waals surface area contributed by atoms with E-state index < -0.39 is 0 Å². The number of anilines is 2. The van der Waals surface area contributed by atoms with Crippen molar-refractivity contribution in [1.29, 1.82) is 10.5 Å². The van der Waals surface area contributed by atoms with Crippen LogP contribution in [-0.2, 0) is 0 Å². The van der Waals surface area contributed by atoms with Crippen LogP contribution in [0.3, 0.4) is 0 Å². The van der Waals surface area contributed by atoms with Crippen molar-refractivity contribution >= 4 is 44.0 Å². The third-order valence-electron chi connectivity index (χ3n) is 4.03. The van der Waals surface area contributed by atoms with Gasteiger partial charge in [-0.25, -0.2) is 9.97 Å². The first-order chi connectivity index (χ1) is 11.6. The van der Waals surface area contributed by atoms with Crippen LogP contribution in [0.4, 0.5) is 11.4 Å². The second-order valence-electron chi connectivity index (χ2n) is 5.42. The molecule has 0 bridgehead atoms. The van der Waals surface area contributed by atoms with Gasteiger partial charge in [0.2, 0.25) is 0 Å². The van der Waals surface area contributed by atoms with E-state index in [1.165, 1.54) is 0 Å². The molecule has 0 aliphatic rings. The van der Waals surface area contributed by atoms with E-state index in [0.717, 1.165) is 21.5 Å². The Kier molecular flexibility index (Phi) is 2.75. The Morgan fingerprint density at radius 1 is 0.792 bits per heavy atom. The molecule has 6 heteroatoms. The molecule has 0 aliphatic heterocycles. The third-order valence-corrected chi connectivity index (χ3v) is 4.03. The molecule has 0 saturated heterocycles. The lowest BCUT2D eigenvalue weighted by Crippen LogP contribution is -1.99.